The molecule has 1 fully saturated rings. The molecule has 1 aliphatic heterocycles. The molecule has 1 saturated heterocycles. The van der Waals surface area contributed by atoms with Crippen LogP contribution < -0.4 is 0 Å². The van der Waals surface area contributed by atoms with E-state index in [2.05, 4.69) is 0 Å². The lowest BCUT2D eigenvalue weighted by atomic mass is 9.95. The van der Waals surface area contributed by atoms with Gasteiger partial charge in [0.15, 0.2) is 0 Å². The molecule has 3 nitrogen and oxygen atoms in total. The number of nitrogens with zero attached hydrogens (tertiary/aromatic N) is 1. The Morgan fingerprint density at radius 3 is 2.33 bits per heavy atom. The number of epoxide rings is 1. The first-order valence-corrected chi connectivity index (χ1v) is 6.68. The lowest BCUT2D eigenvalue weighted by Gasteiger charge is -2.01. The molecule has 3 heteroatoms. The normalized spacial score (nSPS) is 23.7. The fourth-order valence-corrected chi connectivity index (χ4v) is 2.23. The van der Waals surface area contributed by atoms with E-state index in [-0.39, 0.29) is 5.78 Å². The maximum atomic E-state index is 12.4. The lowest BCUT2D eigenvalue weighted by Crippen LogP contribution is -2.25. The second kappa shape index (κ2) is 5.35. The highest BCUT2D eigenvalue weighted by Gasteiger charge is 2.62. The van der Waals surface area contributed by atoms with Crippen LogP contribution in [0.4, 0.5) is 0 Å². The second-order valence-corrected chi connectivity index (χ2v) is 4.85. The molecular formula is C18H13NO2. The number of nitriles is 1. The molecule has 0 amide bonds. The van der Waals surface area contributed by atoms with Crippen LogP contribution in [0, 0.1) is 11.3 Å². The Balaban J connectivity index is 1.78. The number of ether oxygens (including phenoxy) is 1. The van der Waals surface area contributed by atoms with Crippen molar-refractivity contribution in [3.05, 3.63) is 77.9 Å². The van der Waals surface area contributed by atoms with Crippen LogP contribution in [0.2, 0.25) is 0 Å². The van der Waals surface area contributed by atoms with E-state index in [0.717, 1.165) is 5.56 Å². The zero-order valence-electron chi connectivity index (χ0n) is 11.3. The predicted molar refractivity (Wildman–Crippen MR) is 79.5 cm³/mol. The third-order valence-corrected chi connectivity index (χ3v) is 3.46. The smallest absolute Gasteiger partial charge is 0.248 e. The Morgan fingerprint density at radius 2 is 1.71 bits per heavy atom. The Bertz CT molecular complexity index is 716. The topological polar surface area (TPSA) is 53.4 Å². The van der Waals surface area contributed by atoms with Gasteiger partial charge < -0.3 is 4.74 Å². The molecular weight excluding hydrogens is 262 g/mol. The Kier molecular flexibility index (Phi) is 3.39. The van der Waals surface area contributed by atoms with Gasteiger partial charge in [0, 0.05) is 5.56 Å². The van der Waals surface area contributed by atoms with Crippen molar-refractivity contribution < 1.29 is 9.53 Å². The molecule has 2 aromatic carbocycles. The largest absolute Gasteiger partial charge is 0.338 e. The minimum absolute atomic E-state index is 0.284. The van der Waals surface area contributed by atoms with Gasteiger partial charge in [0.2, 0.25) is 11.4 Å². The van der Waals surface area contributed by atoms with Crippen LogP contribution >= 0.6 is 0 Å². The average Bonchev–Trinajstić information content (AvgIpc) is 3.29. The molecule has 1 aliphatic rings. The van der Waals surface area contributed by atoms with E-state index in [9.17, 15) is 10.1 Å². The van der Waals surface area contributed by atoms with E-state index < -0.39 is 11.7 Å². The van der Waals surface area contributed by atoms with Crippen LogP contribution in [0.15, 0.2) is 66.7 Å². The minimum atomic E-state index is -1.37. The maximum absolute atomic E-state index is 12.4. The van der Waals surface area contributed by atoms with Crippen molar-refractivity contribution in [3.8, 4) is 6.07 Å². The monoisotopic (exact) mass is 275 g/mol. The van der Waals surface area contributed by atoms with E-state index >= 15 is 0 Å². The van der Waals surface area contributed by atoms with Crippen molar-refractivity contribution in [2.75, 3.05) is 0 Å². The molecule has 2 atom stereocenters. The van der Waals surface area contributed by atoms with Crippen LogP contribution in [0.25, 0.3) is 6.08 Å². The highest BCUT2D eigenvalue weighted by Crippen LogP contribution is 2.40. The summed E-state index contributed by atoms with van der Waals surface area (Å²) < 4.78 is 5.39. The first kappa shape index (κ1) is 13.3. The third-order valence-electron chi connectivity index (χ3n) is 3.46. The minimum Gasteiger partial charge on any atom is -0.338 e. The van der Waals surface area contributed by atoms with Crippen LogP contribution in [0.3, 0.4) is 0 Å². The SMILES string of the molecule is N#C[C@@]1(C(=O)c2ccccc2)O[C@H]1/C=C/c1ccccc1. The summed E-state index contributed by atoms with van der Waals surface area (Å²) in [5, 5.41) is 9.33. The molecule has 0 spiro atoms. The molecule has 0 aliphatic carbocycles. The highest BCUT2D eigenvalue weighted by molar-refractivity contribution is 6.07. The summed E-state index contributed by atoms with van der Waals surface area (Å²) >= 11 is 0. The molecule has 0 saturated carbocycles. The van der Waals surface area contributed by atoms with Crippen LogP contribution in [-0.4, -0.2) is 17.5 Å². The summed E-state index contributed by atoms with van der Waals surface area (Å²) in [6, 6.07) is 20.5. The van der Waals surface area contributed by atoms with Gasteiger partial charge in [-0.05, 0) is 5.56 Å². The summed E-state index contributed by atoms with van der Waals surface area (Å²) in [5.74, 6) is -0.284. The summed E-state index contributed by atoms with van der Waals surface area (Å²) in [7, 11) is 0. The zero-order chi connectivity index (χ0) is 14.7. The van der Waals surface area contributed by atoms with Gasteiger partial charge in [-0.2, -0.15) is 5.26 Å². The molecule has 1 heterocycles. The number of ketones is 1. The van der Waals surface area contributed by atoms with Crippen molar-refractivity contribution in [1.29, 1.82) is 5.26 Å². The van der Waals surface area contributed by atoms with Crippen LogP contribution in [0.5, 0.6) is 0 Å². The third kappa shape index (κ3) is 2.49. The fraction of sp³-hybridized carbons (Fsp3) is 0.111. The second-order valence-electron chi connectivity index (χ2n) is 4.85. The van der Waals surface area contributed by atoms with Crippen LogP contribution in [-0.2, 0) is 4.74 Å². The van der Waals surface area contributed by atoms with Crippen molar-refractivity contribution in [2.45, 2.75) is 11.7 Å². The van der Waals surface area contributed by atoms with E-state index in [1.165, 1.54) is 0 Å². The first-order chi connectivity index (χ1) is 10.3. The van der Waals surface area contributed by atoms with Gasteiger partial charge >= 0.3 is 0 Å². The number of carbonyl (C=O) groups is 1. The summed E-state index contributed by atoms with van der Waals surface area (Å²) in [6.45, 7) is 0. The molecule has 0 bridgehead atoms. The van der Waals surface area contributed by atoms with Gasteiger partial charge in [-0.25, -0.2) is 0 Å². The Labute approximate surface area is 123 Å². The molecule has 0 aromatic heterocycles. The summed E-state index contributed by atoms with van der Waals surface area (Å²) in [4.78, 5) is 12.4. The molecule has 0 unspecified atom stereocenters. The molecule has 2 aromatic rings. The lowest BCUT2D eigenvalue weighted by molar-refractivity contribution is 0.0914. The van der Waals surface area contributed by atoms with Crippen molar-refractivity contribution in [2.24, 2.45) is 0 Å². The standard InChI is InChI=1S/C18H13NO2/c19-13-18(17(20)15-9-5-2-6-10-15)16(21-18)12-11-14-7-3-1-4-8-14/h1-12,16H/b12-11+/t16-,18+/m0/s1. The predicted octanol–water partition coefficient (Wildman–Crippen LogP) is 3.24. The average molecular weight is 275 g/mol. The maximum Gasteiger partial charge on any atom is 0.248 e. The van der Waals surface area contributed by atoms with Gasteiger partial charge in [0.05, 0.1) is 0 Å². The van der Waals surface area contributed by atoms with Gasteiger partial charge in [0.25, 0.3) is 0 Å². The van der Waals surface area contributed by atoms with Gasteiger partial charge in [-0.15, -0.1) is 0 Å². The molecule has 102 valence electrons. The Morgan fingerprint density at radius 1 is 1.10 bits per heavy atom. The van der Waals surface area contributed by atoms with E-state index in [1.807, 2.05) is 48.5 Å². The quantitative estimate of drug-likeness (QED) is 0.635. The molecule has 21 heavy (non-hydrogen) atoms. The zero-order valence-corrected chi connectivity index (χ0v) is 11.3. The molecule has 0 N–H and O–H groups in total. The summed E-state index contributed by atoms with van der Waals surface area (Å²) in [6.07, 6.45) is 3.14. The number of carbonyl (C=O) groups excluding carboxylic acids is 1. The van der Waals surface area contributed by atoms with Crippen LogP contribution in [0.1, 0.15) is 15.9 Å². The fourth-order valence-electron chi connectivity index (χ4n) is 2.23. The van der Waals surface area contributed by atoms with Gasteiger partial charge in [0.1, 0.15) is 12.2 Å². The number of rotatable bonds is 4. The Hall–Kier alpha value is -2.70. The van der Waals surface area contributed by atoms with Crippen molar-refractivity contribution in [1.82, 2.24) is 0 Å². The highest BCUT2D eigenvalue weighted by atomic mass is 16.6. The number of hydrogen-bond acceptors (Lipinski definition) is 3. The van der Waals surface area contributed by atoms with E-state index in [0.29, 0.717) is 5.56 Å². The molecule has 3 rings (SSSR count). The van der Waals surface area contributed by atoms with Crippen molar-refractivity contribution in [3.63, 3.8) is 0 Å². The number of hydrogen-bond donors (Lipinski definition) is 0. The number of benzene rings is 2. The van der Waals surface area contributed by atoms with E-state index in [1.54, 1.807) is 30.3 Å². The van der Waals surface area contributed by atoms with Crippen molar-refractivity contribution >= 4 is 11.9 Å². The molecule has 0 radical (unpaired) electrons. The number of Topliss-reactive ketones (excluding diaryl/α,β-unsaturated/α-hetero) is 1. The van der Waals surface area contributed by atoms with E-state index in [4.69, 9.17) is 4.74 Å². The van der Waals surface area contributed by atoms with Gasteiger partial charge in [-0.3, -0.25) is 4.79 Å². The summed E-state index contributed by atoms with van der Waals surface area (Å²) in [5.41, 5.74) is 0.133. The van der Waals surface area contributed by atoms with Gasteiger partial charge in [-0.1, -0.05) is 72.8 Å². The first-order valence-electron chi connectivity index (χ1n) is 6.68.